The average Bonchev–Trinajstić information content (AvgIpc) is 3.32. The predicted molar refractivity (Wildman–Crippen MR) is 96.4 cm³/mol. The van der Waals surface area contributed by atoms with Gasteiger partial charge in [0, 0.05) is 24.7 Å². The maximum Gasteiger partial charge on any atom is 0.259 e. The van der Waals surface area contributed by atoms with Crippen molar-refractivity contribution in [2.45, 2.75) is 38.6 Å². The first-order valence-corrected chi connectivity index (χ1v) is 9.29. The number of rotatable bonds is 3. The summed E-state index contributed by atoms with van der Waals surface area (Å²) >= 11 is 0. The maximum atomic E-state index is 13.2. The first-order chi connectivity index (χ1) is 12.2. The molecule has 2 aliphatic rings. The van der Waals surface area contributed by atoms with Gasteiger partial charge in [0.05, 0.1) is 0 Å². The third-order valence-corrected chi connectivity index (χ3v) is 5.46. The smallest absolute Gasteiger partial charge is 0.259 e. The van der Waals surface area contributed by atoms with Crippen LogP contribution in [0.3, 0.4) is 0 Å². The molecule has 2 aromatic rings. The summed E-state index contributed by atoms with van der Waals surface area (Å²) in [6, 6.07) is 10.3. The molecule has 1 aromatic heterocycles. The molecule has 1 unspecified atom stereocenters. The van der Waals surface area contributed by atoms with E-state index in [2.05, 4.69) is 10.1 Å². The molecule has 2 saturated heterocycles. The summed E-state index contributed by atoms with van der Waals surface area (Å²) in [5.74, 6) is 0.661. The van der Waals surface area contributed by atoms with Gasteiger partial charge in [-0.15, -0.1) is 0 Å². The monoisotopic (exact) mass is 339 g/mol. The van der Waals surface area contributed by atoms with Crippen molar-refractivity contribution >= 4 is 5.91 Å². The highest BCUT2D eigenvalue weighted by Gasteiger charge is 2.32. The Balaban J connectivity index is 1.57. The third-order valence-electron chi connectivity index (χ3n) is 5.46. The van der Waals surface area contributed by atoms with Gasteiger partial charge >= 0.3 is 0 Å². The molecule has 3 heterocycles. The Morgan fingerprint density at radius 2 is 1.88 bits per heavy atom. The topological polar surface area (TPSA) is 49.6 Å². The number of aromatic nitrogens is 1. The van der Waals surface area contributed by atoms with Gasteiger partial charge in [-0.25, -0.2) is 0 Å². The van der Waals surface area contributed by atoms with Gasteiger partial charge in [0.2, 0.25) is 0 Å². The fraction of sp³-hybridized carbons (Fsp3) is 0.500. The molecule has 5 nitrogen and oxygen atoms in total. The second-order valence-corrected chi connectivity index (χ2v) is 7.12. The number of piperidine rings is 1. The number of likely N-dealkylation sites (tertiary alicyclic amines) is 2. The minimum Gasteiger partial charge on any atom is -0.360 e. The number of hydrogen-bond acceptors (Lipinski definition) is 4. The first kappa shape index (κ1) is 16.3. The molecular formula is C20H25N3O2. The van der Waals surface area contributed by atoms with Crippen LogP contribution < -0.4 is 0 Å². The van der Waals surface area contributed by atoms with E-state index in [-0.39, 0.29) is 5.91 Å². The van der Waals surface area contributed by atoms with Crippen LogP contribution in [0.5, 0.6) is 0 Å². The van der Waals surface area contributed by atoms with E-state index in [9.17, 15) is 4.79 Å². The Labute approximate surface area is 148 Å². The predicted octanol–water partition coefficient (Wildman–Crippen LogP) is 3.35. The van der Waals surface area contributed by atoms with Crippen LogP contribution in [0.2, 0.25) is 0 Å². The molecule has 2 fully saturated rings. The first-order valence-electron chi connectivity index (χ1n) is 9.29. The molecule has 132 valence electrons. The largest absolute Gasteiger partial charge is 0.360 e. The van der Waals surface area contributed by atoms with Gasteiger partial charge in [0.1, 0.15) is 17.0 Å². The van der Waals surface area contributed by atoms with E-state index in [1.54, 1.807) is 0 Å². The van der Waals surface area contributed by atoms with Gasteiger partial charge < -0.3 is 9.42 Å². The molecule has 4 rings (SSSR count). The molecule has 0 bridgehead atoms. The van der Waals surface area contributed by atoms with Gasteiger partial charge in [-0.1, -0.05) is 35.5 Å². The zero-order valence-corrected chi connectivity index (χ0v) is 14.8. The van der Waals surface area contributed by atoms with E-state index < -0.39 is 0 Å². The van der Waals surface area contributed by atoms with Gasteiger partial charge in [-0.2, -0.15) is 0 Å². The summed E-state index contributed by atoms with van der Waals surface area (Å²) in [7, 11) is 0. The molecule has 0 N–H and O–H groups in total. The highest BCUT2D eigenvalue weighted by atomic mass is 16.5. The van der Waals surface area contributed by atoms with Crippen LogP contribution in [0, 0.1) is 6.92 Å². The molecule has 1 atom stereocenters. The van der Waals surface area contributed by atoms with Crippen molar-refractivity contribution in [3.8, 4) is 11.3 Å². The quantitative estimate of drug-likeness (QED) is 0.860. The van der Waals surface area contributed by atoms with Crippen molar-refractivity contribution in [2.75, 3.05) is 26.2 Å². The minimum absolute atomic E-state index is 0.0569. The molecule has 0 saturated carbocycles. The van der Waals surface area contributed by atoms with Crippen molar-refractivity contribution in [1.82, 2.24) is 15.0 Å². The zero-order chi connectivity index (χ0) is 17.2. The molecule has 0 spiro atoms. The summed E-state index contributed by atoms with van der Waals surface area (Å²) in [6.07, 6.45) is 4.83. The normalized spacial score (nSPS) is 21.6. The maximum absolute atomic E-state index is 13.2. The molecule has 1 aromatic carbocycles. The molecule has 5 heteroatoms. The van der Waals surface area contributed by atoms with Crippen molar-refractivity contribution in [2.24, 2.45) is 0 Å². The zero-order valence-electron chi connectivity index (χ0n) is 14.8. The van der Waals surface area contributed by atoms with Crippen molar-refractivity contribution in [1.29, 1.82) is 0 Å². The lowest BCUT2D eigenvalue weighted by Crippen LogP contribution is -2.49. The fourth-order valence-corrected chi connectivity index (χ4v) is 4.12. The molecule has 0 radical (unpaired) electrons. The number of amides is 1. The highest BCUT2D eigenvalue weighted by Crippen LogP contribution is 2.28. The Hall–Kier alpha value is -2.14. The number of nitrogens with zero attached hydrogens (tertiary/aromatic N) is 3. The summed E-state index contributed by atoms with van der Waals surface area (Å²) in [4.78, 5) is 17.8. The highest BCUT2D eigenvalue weighted by molar-refractivity contribution is 6.00. The lowest BCUT2D eigenvalue weighted by molar-refractivity contribution is 0.0607. The number of hydrogen-bond donors (Lipinski definition) is 0. The molecular weight excluding hydrogens is 314 g/mol. The van der Waals surface area contributed by atoms with Crippen LogP contribution in [0.15, 0.2) is 34.9 Å². The summed E-state index contributed by atoms with van der Waals surface area (Å²) in [5, 5.41) is 4.17. The molecule has 2 aliphatic heterocycles. The summed E-state index contributed by atoms with van der Waals surface area (Å²) < 4.78 is 5.38. The second kappa shape index (κ2) is 7.00. The van der Waals surface area contributed by atoms with Crippen molar-refractivity contribution < 1.29 is 9.32 Å². The van der Waals surface area contributed by atoms with Crippen molar-refractivity contribution in [3.63, 3.8) is 0 Å². The second-order valence-electron chi connectivity index (χ2n) is 7.12. The standard InChI is InChI=1S/C20H25N3O2/c1-15-18(19(21-25-15)16-8-3-2-4-9-16)20(24)23-13-7-10-17(14-23)22-11-5-6-12-22/h2-4,8-9,17H,5-7,10-14H2,1H3. The van der Waals surface area contributed by atoms with E-state index in [1.165, 1.54) is 32.4 Å². The van der Waals surface area contributed by atoms with Crippen LogP contribution in [-0.4, -0.2) is 53.1 Å². The number of carbonyl (C=O) groups excluding carboxylic acids is 1. The average molecular weight is 339 g/mol. The Bertz CT molecular complexity index is 735. The lowest BCUT2D eigenvalue weighted by Gasteiger charge is -2.37. The number of benzene rings is 1. The fourth-order valence-electron chi connectivity index (χ4n) is 4.12. The molecule has 25 heavy (non-hydrogen) atoms. The van der Waals surface area contributed by atoms with Crippen LogP contribution in [-0.2, 0) is 0 Å². The minimum atomic E-state index is 0.0569. The number of aryl methyl sites for hydroxylation is 1. The summed E-state index contributed by atoms with van der Waals surface area (Å²) in [5.41, 5.74) is 2.20. The van der Waals surface area contributed by atoms with Gasteiger partial charge in [-0.3, -0.25) is 9.69 Å². The molecule has 0 aliphatic carbocycles. The van der Waals surface area contributed by atoms with E-state index in [0.717, 1.165) is 25.1 Å². The van der Waals surface area contributed by atoms with Crippen LogP contribution >= 0.6 is 0 Å². The lowest BCUT2D eigenvalue weighted by atomic mass is 10.0. The van der Waals surface area contributed by atoms with Crippen LogP contribution in [0.1, 0.15) is 41.8 Å². The Morgan fingerprint density at radius 1 is 1.12 bits per heavy atom. The molecule has 1 amide bonds. The van der Waals surface area contributed by atoms with E-state index in [0.29, 0.717) is 23.1 Å². The third kappa shape index (κ3) is 3.21. The van der Waals surface area contributed by atoms with Crippen LogP contribution in [0.4, 0.5) is 0 Å². The Morgan fingerprint density at radius 3 is 2.64 bits per heavy atom. The van der Waals surface area contributed by atoms with E-state index in [4.69, 9.17) is 4.52 Å². The SMILES string of the molecule is Cc1onc(-c2ccccc2)c1C(=O)N1CCCC(N2CCCC2)C1. The van der Waals surface area contributed by atoms with Gasteiger partial charge in [0.25, 0.3) is 5.91 Å². The van der Waals surface area contributed by atoms with E-state index >= 15 is 0 Å². The van der Waals surface area contributed by atoms with E-state index in [1.807, 2.05) is 42.2 Å². The van der Waals surface area contributed by atoms with Crippen LogP contribution in [0.25, 0.3) is 11.3 Å². The number of carbonyl (C=O) groups is 1. The van der Waals surface area contributed by atoms with Gasteiger partial charge in [0.15, 0.2) is 0 Å². The summed E-state index contributed by atoms with van der Waals surface area (Å²) in [6.45, 7) is 5.82. The Kier molecular flexibility index (Phi) is 4.57. The van der Waals surface area contributed by atoms with Gasteiger partial charge in [-0.05, 0) is 45.7 Å². The van der Waals surface area contributed by atoms with Crippen molar-refractivity contribution in [3.05, 3.63) is 41.7 Å².